The third-order valence-corrected chi connectivity index (χ3v) is 7.00. The quantitative estimate of drug-likeness (QED) is 0.804. The first-order valence-corrected chi connectivity index (χ1v) is 10.3. The number of aromatic nitrogens is 2. The van der Waals surface area contributed by atoms with Gasteiger partial charge in [-0.25, -0.2) is 4.98 Å². The Hall–Kier alpha value is -1.87. The lowest BCUT2D eigenvalue weighted by atomic mass is 10.1. The van der Waals surface area contributed by atoms with E-state index in [0.717, 1.165) is 15.3 Å². The summed E-state index contributed by atoms with van der Waals surface area (Å²) in [6, 6.07) is 0. The number of H-pyrrole nitrogens is 1. The molecule has 0 spiro atoms. The molecule has 0 aromatic carbocycles. The Kier molecular flexibility index (Phi) is 5.38. The average molecular weight is 396 g/mol. The second-order valence-corrected chi connectivity index (χ2v) is 9.07. The van der Waals surface area contributed by atoms with E-state index in [1.54, 1.807) is 11.8 Å². The van der Waals surface area contributed by atoms with Crippen LogP contribution in [0.2, 0.25) is 0 Å². The first-order valence-electron chi connectivity index (χ1n) is 8.40. The van der Waals surface area contributed by atoms with Gasteiger partial charge in [0.2, 0.25) is 5.91 Å². The highest BCUT2D eigenvalue weighted by molar-refractivity contribution is 7.99. The van der Waals surface area contributed by atoms with Crippen molar-refractivity contribution in [2.24, 2.45) is 5.92 Å². The van der Waals surface area contributed by atoms with Crippen molar-refractivity contribution in [1.29, 1.82) is 0 Å². The minimum absolute atomic E-state index is 0.0648. The topological polar surface area (TPSA) is 103 Å². The first-order chi connectivity index (χ1) is 12.3. The molecular formula is C17H21N3O4S2. The summed E-state index contributed by atoms with van der Waals surface area (Å²) >= 11 is 2.90. The van der Waals surface area contributed by atoms with Gasteiger partial charge in [0, 0.05) is 18.0 Å². The van der Waals surface area contributed by atoms with E-state index in [1.807, 2.05) is 13.8 Å². The molecule has 0 aliphatic carbocycles. The van der Waals surface area contributed by atoms with Crippen LogP contribution in [-0.4, -0.2) is 50.2 Å². The predicted molar refractivity (Wildman–Crippen MR) is 103 cm³/mol. The number of aromatic amines is 1. The van der Waals surface area contributed by atoms with Gasteiger partial charge in [0.25, 0.3) is 5.56 Å². The van der Waals surface area contributed by atoms with Gasteiger partial charge in [-0.15, -0.1) is 23.1 Å². The van der Waals surface area contributed by atoms with Crippen LogP contribution < -0.4 is 5.56 Å². The zero-order valence-corrected chi connectivity index (χ0v) is 16.5. The largest absolute Gasteiger partial charge is 0.481 e. The Labute approximate surface area is 158 Å². The SMILES string of the molecule is Cc1sc2nc(CSC(C)C(=O)N3CCC(C(=O)O)C3)[nH]c(=O)c2c1C. The van der Waals surface area contributed by atoms with E-state index < -0.39 is 11.9 Å². The van der Waals surface area contributed by atoms with Crippen LogP contribution in [0.4, 0.5) is 0 Å². The van der Waals surface area contributed by atoms with Crippen LogP contribution in [0.25, 0.3) is 10.2 Å². The number of carboxylic acid groups (broad SMARTS) is 1. The van der Waals surface area contributed by atoms with Crippen LogP contribution in [0.5, 0.6) is 0 Å². The van der Waals surface area contributed by atoms with Crippen LogP contribution in [0.15, 0.2) is 4.79 Å². The third kappa shape index (κ3) is 3.64. The highest BCUT2D eigenvalue weighted by Gasteiger charge is 2.32. The van der Waals surface area contributed by atoms with Crippen molar-refractivity contribution in [3.8, 4) is 0 Å². The van der Waals surface area contributed by atoms with Crippen molar-refractivity contribution >= 4 is 45.2 Å². The number of fused-ring (bicyclic) bond motifs is 1. The number of thioether (sulfide) groups is 1. The second-order valence-electron chi connectivity index (χ2n) is 6.54. The van der Waals surface area contributed by atoms with Gasteiger partial charge in [0.05, 0.1) is 22.3 Å². The number of carbonyl (C=O) groups is 2. The molecule has 2 unspecified atom stereocenters. The van der Waals surface area contributed by atoms with Crippen LogP contribution >= 0.6 is 23.1 Å². The Morgan fingerprint density at radius 2 is 2.19 bits per heavy atom. The molecule has 3 rings (SSSR count). The lowest BCUT2D eigenvalue weighted by Gasteiger charge is -2.20. The molecule has 2 atom stereocenters. The highest BCUT2D eigenvalue weighted by atomic mass is 32.2. The van der Waals surface area contributed by atoms with Crippen LogP contribution in [0.3, 0.4) is 0 Å². The third-order valence-electron chi connectivity index (χ3n) is 4.76. The van der Waals surface area contributed by atoms with E-state index >= 15 is 0 Å². The normalized spacial score (nSPS) is 18.4. The van der Waals surface area contributed by atoms with E-state index in [-0.39, 0.29) is 23.3 Å². The molecule has 2 aromatic heterocycles. The summed E-state index contributed by atoms with van der Waals surface area (Å²) in [4.78, 5) is 46.5. The molecule has 1 aliphatic rings. The Morgan fingerprint density at radius 1 is 1.46 bits per heavy atom. The smallest absolute Gasteiger partial charge is 0.308 e. The lowest BCUT2D eigenvalue weighted by Crippen LogP contribution is -2.35. The number of carboxylic acids is 1. The van der Waals surface area contributed by atoms with Crippen LogP contribution in [-0.2, 0) is 15.3 Å². The zero-order chi connectivity index (χ0) is 19.0. The fourth-order valence-corrected chi connectivity index (χ4v) is 4.95. The molecule has 26 heavy (non-hydrogen) atoms. The number of amides is 1. The van der Waals surface area contributed by atoms with E-state index in [0.29, 0.717) is 29.9 Å². The molecule has 3 heterocycles. The number of hydrogen-bond donors (Lipinski definition) is 2. The molecule has 0 bridgehead atoms. The van der Waals surface area contributed by atoms with Gasteiger partial charge in [-0.2, -0.15) is 0 Å². The lowest BCUT2D eigenvalue weighted by molar-refractivity contribution is -0.141. The Morgan fingerprint density at radius 3 is 2.85 bits per heavy atom. The highest BCUT2D eigenvalue weighted by Crippen LogP contribution is 2.27. The molecule has 1 fully saturated rings. The maximum absolute atomic E-state index is 12.5. The molecule has 0 saturated carbocycles. The van der Waals surface area contributed by atoms with E-state index in [9.17, 15) is 14.4 Å². The molecule has 7 nitrogen and oxygen atoms in total. The minimum atomic E-state index is -0.850. The number of aryl methyl sites for hydroxylation is 2. The Balaban J connectivity index is 1.65. The summed E-state index contributed by atoms with van der Waals surface area (Å²) in [6.45, 7) is 6.44. The van der Waals surface area contributed by atoms with Crippen molar-refractivity contribution in [2.75, 3.05) is 13.1 Å². The summed E-state index contributed by atoms with van der Waals surface area (Å²) in [5, 5.41) is 9.37. The number of nitrogens with one attached hydrogen (secondary N) is 1. The summed E-state index contributed by atoms with van der Waals surface area (Å²) in [7, 11) is 0. The van der Waals surface area contributed by atoms with Gasteiger partial charge in [-0.3, -0.25) is 14.4 Å². The maximum Gasteiger partial charge on any atom is 0.308 e. The number of rotatable bonds is 5. The number of carbonyl (C=O) groups excluding carboxylic acids is 1. The molecule has 2 aromatic rings. The minimum Gasteiger partial charge on any atom is -0.481 e. The van der Waals surface area contributed by atoms with Crippen molar-refractivity contribution < 1.29 is 14.7 Å². The standard InChI is InChI=1S/C17H21N3O4S2/c1-8-9(2)26-15-13(8)14(21)18-12(19-15)7-25-10(3)16(22)20-5-4-11(6-20)17(23)24/h10-11H,4-7H2,1-3H3,(H,23,24)(H,18,19,21). The molecule has 1 saturated heterocycles. The fraction of sp³-hybridized carbons (Fsp3) is 0.529. The fourth-order valence-electron chi connectivity index (χ4n) is 3.06. The van der Waals surface area contributed by atoms with Gasteiger partial charge in [-0.05, 0) is 32.8 Å². The van der Waals surface area contributed by atoms with Crippen molar-refractivity contribution in [2.45, 2.75) is 38.2 Å². The summed E-state index contributed by atoms with van der Waals surface area (Å²) < 4.78 is 0. The molecule has 140 valence electrons. The summed E-state index contributed by atoms with van der Waals surface area (Å²) in [5.41, 5.74) is 0.818. The van der Waals surface area contributed by atoms with E-state index in [4.69, 9.17) is 5.11 Å². The molecule has 1 aliphatic heterocycles. The van der Waals surface area contributed by atoms with E-state index in [1.165, 1.54) is 23.1 Å². The number of likely N-dealkylation sites (tertiary alicyclic amines) is 1. The number of aliphatic carboxylic acids is 1. The van der Waals surface area contributed by atoms with Gasteiger partial charge in [0.15, 0.2) is 0 Å². The van der Waals surface area contributed by atoms with Gasteiger partial charge >= 0.3 is 5.97 Å². The second kappa shape index (κ2) is 7.40. The average Bonchev–Trinajstić information content (AvgIpc) is 3.18. The Bertz CT molecular complexity index is 921. The van der Waals surface area contributed by atoms with Crippen molar-refractivity contribution in [3.63, 3.8) is 0 Å². The molecule has 2 N–H and O–H groups in total. The molecular weight excluding hydrogens is 374 g/mol. The zero-order valence-electron chi connectivity index (χ0n) is 14.9. The van der Waals surface area contributed by atoms with Gasteiger partial charge < -0.3 is 15.0 Å². The van der Waals surface area contributed by atoms with E-state index in [2.05, 4.69) is 9.97 Å². The van der Waals surface area contributed by atoms with Crippen molar-refractivity contribution in [1.82, 2.24) is 14.9 Å². The molecule has 1 amide bonds. The molecule has 0 radical (unpaired) electrons. The van der Waals surface area contributed by atoms with Gasteiger partial charge in [0.1, 0.15) is 10.7 Å². The maximum atomic E-state index is 12.5. The van der Waals surface area contributed by atoms with Gasteiger partial charge in [-0.1, -0.05) is 0 Å². The molecule has 9 heteroatoms. The number of nitrogens with zero attached hydrogens (tertiary/aromatic N) is 2. The number of thiophene rings is 1. The van der Waals surface area contributed by atoms with Crippen LogP contribution in [0.1, 0.15) is 29.6 Å². The summed E-state index contributed by atoms with van der Waals surface area (Å²) in [5.74, 6) is -0.410. The predicted octanol–water partition coefficient (Wildman–Crippen LogP) is 2.16. The monoisotopic (exact) mass is 395 g/mol. The number of hydrogen-bond acceptors (Lipinski definition) is 6. The van der Waals surface area contributed by atoms with Crippen LogP contribution in [0, 0.1) is 19.8 Å². The first kappa shape index (κ1) is 18.9. The summed E-state index contributed by atoms with van der Waals surface area (Å²) in [6.07, 6.45) is 0.501. The van der Waals surface area contributed by atoms with Crippen molar-refractivity contribution in [3.05, 3.63) is 26.6 Å².